The van der Waals surface area contributed by atoms with Gasteiger partial charge >= 0.3 is 6.03 Å². The van der Waals surface area contributed by atoms with Crippen LogP contribution < -0.4 is 10.6 Å². The van der Waals surface area contributed by atoms with Gasteiger partial charge in [0.15, 0.2) is 0 Å². The summed E-state index contributed by atoms with van der Waals surface area (Å²) in [6.07, 6.45) is 11.1. The van der Waals surface area contributed by atoms with Crippen molar-refractivity contribution in [3.63, 3.8) is 0 Å². The second kappa shape index (κ2) is 9.82. The van der Waals surface area contributed by atoms with Crippen molar-refractivity contribution in [1.29, 1.82) is 0 Å². The maximum absolute atomic E-state index is 11.6. The maximum atomic E-state index is 11.6. The average molecular weight is 317 g/mol. The predicted octanol–water partition coefficient (Wildman–Crippen LogP) is 3.64. The predicted molar refractivity (Wildman–Crippen MR) is 90.8 cm³/mol. The molecule has 0 atom stereocenters. The number of nitrogens with one attached hydrogen (secondary N) is 2. The van der Waals surface area contributed by atoms with Crippen molar-refractivity contribution in [2.24, 2.45) is 0 Å². The second-order valence-corrected chi connectivity index (χ2v) is 8.55. The monoisotopic (exact) mass is 316 g/mol. The molecule has 0 bridgehead atoms. The number of thioether (sulfide) groups is 2. The van der Waals surface area contributed by atoms with Gasteiger partial charge in [-0.2, -0.15) is 23.5 Å². The van der Waals surface area contributed by atoms with Gasteiger partial charge in [0.25, 0.3) is 0 Å². The van der Waals surface area contributed by atoms with Crippen LogP contribution in [0.5, 0.6) is 0 Å². The molecule has 0 unspecified atom stereocenters. The molecule has 0 aromatic heterocycles. The minimum atomic E-state index is 0.00374. The molecule has 2 fully saturated rings. The largest absolute Gasteiger partial charge is 0.337 e. The quantitative estimate of drug-likeness (QED) is 0.672. The van der Waals surface area contributed by atoms with E-state index in [1.165, 1.54) is 51.4 Å². The zero-order chi connectivity index (χ0) is 14.0. The van der Waals surface area contributed by atoms with E-state index in [0.717, 1.165) is 35.1 Å². The summed E-state index contributed by atoms with van der Waals surface area (Å²) >= 11 is 4.05. The molecule has 0 aliphatic heterocycles. The van der Waals surface area contributed by atoms with Crippen LogP contribution >= 0.6 is 23.5 Å². The van der Waals surface area contributed by atoms with Crippen molar-refractivity contribution in [2.45, 2.75) is 61.9 Å². The SMILES string of the molecule is O=C(NCCSC1CCCC1)NCCSC1CCCC1. The summed E-state index contributed by atoms with van der Waals surface area (Å²) in [6.45, 7) is 1.59. The molecule has 0 spiro atoms. The van der Waals surface area contributed by atoms with E-state index in [-0.39, 0.29) is 6.03 Å². The summed E-state index contributed by atoms with van der Waals surface area (Å²) in [4.78, 5) is 11.6. The Morgan fingerprint density at radius 2 is 1.20 bits per heavy atom. The van der Waals surface area contributed by atoms with Crippen molar-refractivity contribution >= 4 is 29.6 Å². The van der Waals surface area contributed by atoms with E-state index in [1.807, 2.05) is 23.5 Å². The third kappa shape index (κ3) is 6.61. The summed E-state index contributed by atoms with van der Waals surface area (Å²) in [6, 6.07) is 0.00374. The first-order valence-electron chi connectivity index (χ1n) is 8.09. The van der Waals surface area contributed by atoms with Crippen LogP contribution in [0.25, 0.3) is 0 Å². The molecule has 20 heavy (non-hydrogen) atoms. The highest BCUT2D eigenvalue weighted by atomic mass is 32.2. The molecule has 0 aromatic rings. The zero-order valence-electron chi connectivity index (χ0n) is 12.4. The topological polar surface area (TPSA) is 41.1 Å². The molecule has 2 aliphatic rings. The van der Waals surface area contributed by atoms with Gasteiger partial charge in [-0.05, 0) is 25.7 Å². The maximum Gasteiger partial charge on any atom is 0.314 e. The highest BCUT2D eigenvalue weighted by Crippen LogP contribution is 2.29. The molecule has 5 heteroatoms. The smallest absolute Gasteiger partial charge is 0.314 e. The Balaban J connectivity index is 1.38. The van der Waals surface area contributed by atoms with E-state index in [1.54, 1.807) is 0 Å². The summed E-state index contributed by atoms with van der Waals surface area (Å²) < 4.78 is 0. The Kier molecular flexibility index (Phi) is 8.03. The van der Waals surface area contributed by atoms with Crippen LogP contribution in [0.2, 0.25) is 0 Å². The van der Waals surface area contributed by atoms with Gasteiger partial charge in [-0.3, -0.25) is 0 Å². The average Bonchev–Trinajstić information content (AvgIpc) is 3.13. The summed E-state index contributed by atoms with van der Waals surface area (Å²) in [5, 5.41) is 7.61. The Morgan fingerprint density at radius 1 is 0.800 bits per heavy atom. The van der Waals surface area contributed by atoms with Crippen molar-refractivity contribution in [1.82, 2.24) is 10.6 Å². The molecule has 0 saturated heterocycles. The van der Waals surface area contributed by atoms with E-state index < -0.39 is 0 Å². The van der Waals surface area contributed by atoms with Crippen LogP contribution in [-0.4, -0.2) is 41.1 Å². The van der Waals surface area contributed by atoms with Crippen molar-refractivity contribution < 1.29 is 4.79 Å². The van der Waals surface area contributed by atoms with Gasteiger partial charge in [0.1, 0.15) is 0 Å². The van der Waals surface area contributed by atoms with Crippen LogP contribution in [0.1, 0.15) is 51.4 Å². The van der Waals surface area contributed by atoms with Crippen LogP contribution in [-0.2, 0) is 0 Å². The van der Waals surface area contributed by atoms with E-state index in [4.69, 9.17) is 0 Å². The Labute approximate surface area is 131 Å². The fourth-order valence-electron chi connectivity index (χ4n) is 2.95. The first-order chi connectivity index (χ1) is 9.84. The number of carbonyl (C=O) groups excluding carboxylic acids is 1. The first-order valence-corrected chi connectivity index (χ1v) is 10.2. The third-order valence-electron chi connectivity index (χ3n) is 4.09. The molecule has 0 aromatic carbocycles. The Bertz CT molecular complexity index is 251. The van der Waals surface area contributed by atoms with Gasteiger partial charge in [0, 0.05) is 35.1 Å². The lowest BCUT2D eigenvalue weighted by molar-refractivity contribution is 0.242. The molecule has 2 aliphatic carbocycles. The van der Waals surface area contributed by atoms with Gasteiger partial charge in [-0.25, -0.2) is 4.79 Å². The molecule has 2 saturated carbocycles. The van der Waals surface area contributed by atoms with Crippen molar-refractivity contribution in [2.75, 3.05) is 24.6 Å². The summed E-state index contributed by atoms with van der Waals surface area (Å²) in [7, 11) is 0. The van der Waals surface area contributed by atoms with Gasteiger partial charge in [-0.1, -0.05) is 25.7 Å². The van der Waals surface area contributed by atoms with E-state index >= 15 is 0 Å². The van der Waals surface area contributed by atoms with Crippen LogP contribution in [0.15, 0.2) is 0 Å². The highest BCUT2D eigenvalue weighted by Gasteiger charge is 2.15. The van der Waals surface area contributed by atoms with Gasteiger partial charge in [0.2, 0.25) is 0 Å². The highest BCUT2D eigenvalue weighted by molar-refractivity contribution is 8.00. The first kappa shape index (κ1) is 16.3. The summed E-state index contributed by atoms with van der Waals surface area (Å²) in [5.41, 5.74) is 0. The third-order valence-corrected chi connectivity index (χ3v) is 6.85. The lowest BCUT2D eigenvalue weighted by Crippen LogP contribution is -2.38. The van der Waals surface area contributed by atoms with E-state index in [0.29, 0.717) is 0 Å². The molecule has 2 amide bonds. The molecule has 0 radical (unpaired) electrons. The summed E-state index contributed by atoms with van der Waals surface area (Å²) in [5.74, 6) is 2.10. The minimum absolute atomic E-state index is 0.00374. The molecule has 2 rings (SSSR count). The lowest BCUT2D eigenvalue weighted by atomic mass is 10.4. The lowest BCUT2D eigenvalue weighted by Gasteiger charge is -2.11. The minimum Gasteiger partial charge on any atom is -0.337 e. The standard InChI is InChI=1S/C15H28N2OS2/c18-15(16-9-11-19-13-5-1-2-6-13)17-10-12-20-14-7-3-4-8-14/h13-14H,1-12H2,(H2,16,17,18). The normalized spacial score (nSPS) is 20.4. The van der Waals surface area contributed by atoms with Crippen LogP contribution in [0.4, 0.5) is 4.79 Å². The molecular weight excluding hydrogens is 288 g/mol. The fraction of sp³-hybridized carbons (Fsp3) is 0.933. The molecule has 0 heterocycles. The second-order valence-electron chi connectivity index (χ2n) is 5.74. The fourth-order valence-corrected chi connectivity index (χ4v) is 5.39. The van der Waals surface area contributed by atoms with Gasteiger partial charge < -0.3 is 10.6 Å². The van der Waals surface area contributed by atoms with Crippen LogP contribution in [0.3, 0.4) is 0 Å². The Hall–Kier alpha value is -0.0300. The number of urea groups is 1. The number of hydrogen-bond acceptors (Lipinski definition) is 3. The Morgan fingerprint density at radius 3 is 1.60 bits per heavy atom. The van der Waals surface area contributed by atoms with Gasteiger partial charge in [0.05, 0.1) is 0 Å². The molecule has 116 valence electrons. The van der Waals surface area contributed by atoms with E-state index in [2.05, 4.69) is 10.6 Å². The number of rotatable bonds is 8. The van der Waals surface area contributed by atoms with Crippen molar-refractivity contribution in [3.8, 4) is 0 Å². The van der Waals surface area contributed by atoms with Crippen LogP contribution in [0, 0.1) is 0 Å². The van der Waals surface area contributed by atoms with E-state index in [9.17, 15) is 4.79 Å². The molecule has 3 nitrogen and oxygen atoms in total. The molecule has 2 N–H and O–H groups in total. The number of hydrogen-bond donors (Lipinski definition) is 2. The zero-order valence-corrected chi connectivity index (χ0v) is 14.0. The number of amides is 2. The van der Waals surface area contributed by atoms with Gasteiger partial charge in [-0.15, -0.1) is 0 Å². The van der Waals surface area contributed by atoms with Crippen molar-refractivity contribution in [3.05, 3.63) is 0 Å². The number of carbonyl (C=O) groups is 1. The molecular formula is C15H28N2OS2.